The number of halogens is 3. The quantitative estimate of drug-likeness (QED) is 0.803. The number of alkyl halides is 3. The van der Waals surface area contributed by atoms with E-state index in [0.717, 1.165) is 16.5 Å². The lowest BCUT2D eigenvalue weighted by Gasteiger charge is -2.33. The van der Waals surface area contributed by atoms with E-state index in [9.17, 15) is 18.0 Å². The van der Waals surface area contributed by atoms with Crippen LogP contribution in [0.5, 0.6) is 0 Å². The van der Waals surface area contributed by atoms with E-state index in [-0.39, 0.29) is 5.57 Å². The van der Waals surface area contributed by atoms with E-state index in [0.29, 0.717) is 31.2 Å². The molecule has 1 spiro atoms. The Labute approximate surface area is 129 Å². The summed E-state index contributed by atoms with van der Waals surface area (Å²) < 4.78 is 41.0. The molecule has 3 nitrogen and oxygen atoms in total. The molecule has 118 valence electrons. The van der Waals surface area contributed by atoms with Crippen molar-refractivity contribution in [2.75, 3.05) is 0 Å². The van der Waals surface area contributed by atoms with Crippen LogP contribution >= 0.6 is 0 Å². The number of carbonyl (C=O) groups excluding carboxylic acids is 1. The molecule has 0 unspecified atom stereocenters. The molecule has 0 radical (unpaired) electrons. The zero-order valence-corrected chi connectivity index (χ0v) is 12.1. The largest absolute Gasteiger partial charge is 0.420 e. The summed E-state index contributed by atoms with van der Waals surface area (Å²) in [6, 6.07) is 3.48. The van der Waals surface area contributed by atoms with Crippen LogP contribution in [0.3, 0.4) is 0 Å². The molecule has 1 saturated carbocycles. The molecule has 0 saturated heterocycles. The van der Waals surface area contributed by atoms with Crippen molar-refractivity contribution in [3.05, 3.63) is 35.0 Å². The molecule has 5 rings (SSSR count). The summed E-state index contributed by atoms with van der Waals surface area (Å²) in [5.74, 6) is -1.18. The van der Waals surface area contributed by atoms with Crippen molar-refractivity contribution < 1.29 is 18.0 Å². The SMILES string of the molecule is O=C1C(C(F)(F)F)=C2c3ccc4[nH]ncc4c3C[C@@]23CC[C@@H]1C3. The molecule has 1 aromatic carbocycles. The minimum absolute atomic E-state index is 0.252. The second-order valence-electron chi connectivity index (χ2n) is 6.93. The Balaban J connectivity index is 1.89. The molecular formula is C17H13F3N2O. The van der Waals surface area contributed by atoms with Crippen LogP contribution in [-0.2, 0) is 11.2 Å². The third kappa shape index (κ3) is 1.51. The number of hydrogen-bond acceptors (Lipinski definition) is 2. The number of fused-ring (bicyclic) bond motifs is 5. The van der Waals surface area contributed by atoms with E-state index in [1.165, 1.54) is 0 Å². The van der Waals surface area contributed by atoms with Gasteiger partial charge in [0.25, 0.3) is 0 Å². The highest BCUT2D eigenvalue weighted by Gasteiger charge is 2.59. The first-order valence-corrected chi connectivity index (χ1v) is 7.72. The normalized spacial score (nSPS) is 29.3. The molecule has 2 bridgehead atoms. The number of ketones is 1. The van der Waals surface area contributed by atoms with E-state index in [4.69, 9.17) is 0 Å². The van der Waals surface area contributed by atoms with Gasteiger partial charge in [-0.25, -0.2) is 0 Å². The van der Waals surface area contributed by atoms with E-state index >= 15 is 0 Å². The number of hydrogen-bond donors (Lipinski definition) is 1. The van der Waals surface area contributed by atoms with E-state index in [1.54, 1.807) is 18.3 Å². The standard InChI is InChI=1S/C17H13F3N2O/c18-17(19,20)14-13-9-1-2-12-11(7-21-22-12)10(9)6-16(13)4-3-8(5-16)15(14)23/h1-2,7-8H,3-6H2,(H,21,22)/t8-,16+/m1/s1. The zero-order valence-electron chi connectivity index (χ0n) is 12.1. The first kappa shape index (κ1) is 13.3. The van der Waals surface area contributed by atoms with E-state index in [2.05, 4.69) is 10.2 Å². The summed E-state index contributed by atoms with van der Waals surface area (Å²) in [6.07, 6.45) is -0.568. The summed E-state index contributed by atoms with van der Waals surface area (Å²) in [6.45, 7) is 0. The van der Waals surface area contributed by atoms with Crippen molar-refractivity contribution in [2.24, 2.45) is 11.3 Å². The molecular weight excluding hydrogens is 305 g/mol. The fraction of sp³-hybridized carbons (Fsp3) is 0.412. The predicted octanol–water partition coefficient (Wildman–Crippen LogP) is 3.80. The monoisotopic (exact) mass is 318 g/mol. The average Bonchev–Trinajstić information content (AvgIpc) is 3.15. The van der Waals surface area contributed by atoms with Crippen LogP contribution in [0.1, 0.15) is 30.4 Å². The van der Waals surface area contributed by atoms with Gasteiger partial charge in [0.1, 0.15) is 5.57 Å². The number of benzene rings is 1. The third-order valence-electron chi connectivity index (χ3n) is 5.81. The second-order valence-corrected chi connectivity index (χ2v) is 6.93. The number of rotatable bonds is 0. The van der Waals surface area contributed by atoms with Crippen LogP contribution in [0.4, 0.5) is 13.2 Å². The van der Waals surface area contributed by atoms with Gasteiger partial charge in [0, 0.05) is 16.7 Å². The van der Waals surface area contributed by atoms with Crippen molar-refractivity contribution in [1.82, 2.24) is 10.2 Å². The van der Waals surface area contributed by atoms with Crippen LogP contribution < -0.4 is 0 Å². The molecule has 2 atom stereocenters. The van der Waals surface area contributed by atoms with Crippen molar-refractivity contribution >= 4 is 22.3 Å². The van der Waals surface area contributed by atoms with E-state index in [1.807, 2.05) is 0 Å². The minimum Gasteiger partial charge on any atom is -0.294 e. The maximum atomic E-state index is 13.7. The Morgan fingerprint density at radius 1 is 1.30 bits per heavy atom. The van der Waals surface area contributed by atoms with Crippen LogP contribution in [0, 0.1) is 11.3 Å². The first-order chi connectivity index (χ1) is 10.9. The van der Waals surface area contributed by atoms with Gasteiger partial charge < -0.3 is 0 Å². The van der Waals surface area contributed by atoms with Crippen molar-refractivity contribution in [3.8, 4) is 0 Å². The molecule has 0 aliphatic heterocycles. The average molecular weight is 318 g/mol. The molecule has 1 heterocycles. The zero-order chi connectivity index (χ0) is 16.0. The number of allylic oxidation sites excluding steroid dienone is 2. The second kappa shape index (κ2) is 3.86. The summed E-state index contributed by atoms with van der Waals surface area (Å²) in [7, 11) is 0. The Bertz CT molecular complexity index is 908. The maximum absolute atomic E-state index is 13.7. The highest BCUT2D eigenvalue weighted by Crippen LogP contribution is 2.64. The van der Waals surface area contributed by atoms with Gasteiger partial charge in [-0.15, -0.1) is 0 Å². The Kier molecular flexibility index (Phi) is 2.24. The smallest absolute Gasteiger partial charge is 0.294 e. The van der Waals surface area contributed by atoms with E-state index < -0.39 is 28.9 Å². The minimum atomic E-state index is -4.59. The Morgan fingerprint density at radius 2 is 2.13 bits per heavy atom. The van der Waals surface area contributed by atoms with Crippen LogP contribution in [0.2, 0.25) is 0 Å². The number of nitrogens with zero attached hydrogens (tertiary/aromatic N) is 1. The topological polar surface area (TPSA) is 45.8 Å². The first-order valence-electron chi connectivity index (χ1n) is 7.72. The Morgan fingerprint density at radius 3 is 2.91 bits per heavy atom. The summed E-state index contributed by atoms with van der Waals surface area (Å²) in [4.78, 5) is 12.4. The lowest BCUT2D eigenvalue weighted by atomic mass is 9.71. The van der Waals surface area contributed by atoms with Gasteiger partial charge in [-0.3, -0.25) is 9.89 Å². The molecule has 3 aliphatic rings. The lowest BCUT2D eigenvalue weighted by molar-refractivity contribution is -0.132. The summed E-state index contributed by atoms with van der Waals surface area (Å²) >= 11 is 0. The number of carbonyl (C=O) groups is 1. The fourth-order valence-corrected chi connectivity index (χ4v) is 4.96. The van der Waals surface area contributed by atoms with Crippen molar-refractivity contribution in [1.29, 1.82) is 0 Å². The van der Waals surface area contributed by atoms with Crippen LogP contribution in [0.25, 0.3) is 16.5 Å². The summed E-state index contributed by atoms with van der Waals surface area (Å²) in [5, 5.41) is 7.75. The molecule has 2 aromatic rings. The van der Waals surface area contributed by atoms with Crippen molar-refractivity contribution in [2.45, 2.75) is 31.9 Å². The van der Waals surface area contributed by atoms with Gasteiger partial charge >= 0.3 is 6.18 Å². The lowest BCUT2D eigenvalue weighted by Crippen LogP contribution is -2.34. The highest BCUT2D eigenvalue weighted by atomic mass is 19.4. The fourth-order valence-electron chi connectivity index (χ4n) is 4.96. The highest BCUT2D eigenvalue weighted by molar-refractivity contribution is 6.10. The number of nitrogens with one attached hydrogen (secondary N) is 1. The number of H-pyrrole nitrogens is 1. The molecule has 1 aromatic heterocycles. The molecule has 0 amide bonds. The molecule has 1 N–H and O–H groups in total. The number of aromatic amines is 1. The summed E-state index contributed by atoms with van der Waals surface area (Å²) in [5.41, 5.74) is 1.17. The van der Waals surface area contributed by atoms with Crippen molar-refractivity contribution in [3.63, 3.8) is 0 Å². The van der Waals surface area contributed by atoms with Gasteiger partial charge in [0.15, 0.2) is 5.78 Å². The van der Waals surface area contributed by atoms with Gasteiger partial charge in [-0.2, -0.15) is 18.3 Å². The molecule has 1 fully saturated rings. The molecule has 23 heavy (non-hydrogen) atoms. The van der Waals surface area contributed by atoms with Crippen LogP contribution in [0.15, 0.2) is 23.9 Å². The number of aromatic nitrogens is 2. The Hall–Kier alpha value is -2.11. The van der Waals surface area contributed by atoms with Gasteiger partial charge in [0.2, 0.25) is 0 Å². The van der Waals surface area contributed by atoms with Gasteiger partial charge in [0.05, 0.1) is 11.7 Å². The van der Waals surface area contributed by atoms with Crippen LogP contribution in [-0.4, -0.2) is 22.2 Å². The molecule has 6 heteroatoms. The number of Topliss-reactive ketones (excluding diaryl/α,β-unsaturated/α-hetero) is 1. The maximum Gasteiger partial charge on any atom is 0.420 e. The molecule has 3 aliphatic carbocycles. The predicted molar refractivity (Wildman–Crippen MR) is 77.6 cm³/mol. The van der Waals surface area contributed by atoms with Gasteiger partial charge in [-0.05, 0) is 48.4 Å². The third-order valence-corrected chi connectivity index (χ3v) is 5.81. The van der Waals surface area contributed by atoms with Gasteiger partial charge in [-0.1, -0.05) is 6.07 Å².